The van der Waals surface area contributed by atoms with Crippen molar-refractivity contribution in [3.8, 4) is 0 Å². The zero-order valence-electron chi connectivity index (χ0n) is 16.1. The summed E-state index contributed by atoms with van der Waals surface area (Å²) in [5, 5.41) is 15.0. The van der Waals surface area contributed by atoms with E-state index in [4.69, 9.17) is 0 Å². The molecule has 2 amide bonds. The van der Waals surface area contributed by atoms with E-state index >= 15 is 0 Å². The number of hydrogen-bond donors (Lipinski definition) is 3. The Labute approximate surface area is 165 Å². The Kier molecular flexibility index (Phi) is 7.75. The van der Waals surface area contributed by atoms with Gasteiger partial charge in [-0.15, -0.1) is 0 Å². The summed E-state index contributed by atoms with van der Waals surface area (Å²) in [6.07, 6.45) is 0.380. The number of carboxylic acid groups (broad SMARTS) is 1. The first kappa shape index (κ1) is 21.2. The first-order valence-electron chi connectivity index (χ1n) is 9.22. The zero-order chi connectivity index (χ0) is 20.5. The molecule has 6 nitrogen and oxygen atoms in total. The maximum Gasteiger partial charge on any atom is 0.308 e. The van der Waals surface area contributed by atoms with Crippen LogP contribution in [-0.4, -0.2) is 29.4 Å². The van der Waals surface area contributed by atoms with Gasteiger partial charge in [-0.1, -0.05) is 60.2 Å². The monoisotopic (exact) mass is 382 g/mol. The third kappa shape index (κ3) is 6.87. The number of nitrogens with one attached hydrogen (secondary N) is 2. The van der Waals surface area contributed by atoms with E-state index in [1.165, 1.54) is 6.92 Å². The van der Waals surface area contributed by atoms with Crippen molar-refractivity contribution in [2.24, 2.45) is 5.92 Å². The van der Waals surface area contributed by atoms with Crippen molar-refractivity contribution in [2.75, 3.05) is 6.54 Å². The summed E-state index contributed by atoms with van der Waals surface area (Å²) >= 11 is 0. The number of benzene rings is 2. The Hall–Kier alpha value is -3.15. The highest BCUT2D eigenvalue weighted by molar-refractivity contribution is 5.80. The van der Waals surface area contributed by atoms with Crippen LogP contribution in [-0.2, 0) is 20.8 Å². The van der Waals surface area contributed by atoms with Gasteiger partial charge in [-0.3, -0.25) is 14.4 Å². The SMILES string of the molecule is CC(=O)NC(CC(=O)NCC(Cc1cccc(C)c1)C(=O)O)c1ccccc1. The number of hydrogen-bond acceptors (Lipinski definition) is 3. The van der Waals surface area contributed by atoms with Gasteiger partial charge in [0.1, 0.15) is 0 Å². The Bertz CT molecular complexity index is 820. The van der Waals surface area contributed by atoms with E-state index in [1.807, 2.05) is 61.5 Å². The fraction of sp³-hybridized carbons (Fsp3) is 0.318. The van der Waals surface area contributed by atoms with Crippen LogP contribution in [0.5, 0.6) is 0 Å². The third-order valence-corrected chi connectivity index (χ3v) is 4.43. The Balaban J connectivity index is 1.97. The van der Waals surface area contributed by atoms with Crippen LogP contribution in [0.15, 0.2) is 54.6 Å². The van der Waals surface area contributed by atoms with Crippen LogP contribution in [0, 0.1) is 12.8 Å². The Morgan fingerprint density at radius 2 is 1.75 bits per heavy atom. The van der Waals surface area contributed by atoms with Crippen molar-refractivity contribution in [1.82, 2.24) is 10.6 Å². The van der Waals surface area contributed by atoms with Crippen molar-refractivity contribution < 1.29 is 19.5 Å². The summed E-state index contributed by atoms with van der Waals surface area (Å²) in [5.74, 6) is -2.22. The van der Waals surface area contributed by atoms with Crippen LogP contribution < -0.4 is 10.6 Å². The normalized spacial score (nSPS) is 12.6. The molecule has 0 aromatic heterocycles. The molecule has 2 atom stereocenters. The van der Waals surface area contributed by atoms with Gasteiger partial charge in [-0.05, 0) is 24.5 Å². The van der Waals surface area contributed by atoms with Gasteiger partial charge in [0.05, 0.1) is 18.4 Å². The van der Waals surface area contributed by atoms with Crippen molar-refractivity contribution in [2.45, 2.75) is 32.7 Å². The summed E-state index contributed by atoms with van der Waals surface area (Å²) < 4.78 is 0. The molecule has 2 rings (SSSR count). The average molecular weight is 382 g/mol. The predicted molar refractivity (Wildman–Crippen MR) is 107 cm³/mol. The Morgan fingerprint density at radius 1 is 1.04 bits per heavy atom. The molecule has 0 radical (unpaired) electrons. The van der Waals surface area contributed by atoms with Gasteiger partial charge in [0.15, 0.2) is 0 Å². The van der Waals surface area contributed by atoms with Crippen LogP contribution in [0.2, 0.25) is 0 Å². The second kappa shape index (κ2) is 10.3. The highest BCUT2D eigenvalue weighted by Crippen LogP contribution is 2.17. The van der Waals surface area contributed by atoms with Gasteiger partial charge >= 0.3 is 5.97 Å². The minimum Gasteiger partial charge on any atom is -0.481 e. The number of aryl methyl sites for hydroxylation is 1. The smallest absolute Gasteiger partial charge is 0.308 e. The molecule has 0 heterocycles. The molecular formula is C22H26N2O4. The maximum atomic E-state index is 12.4. The summed E-state index contributed by atoms with van der Waals surface area (Å²) in [4.78, 5) is 35.4. The molecule has 148 valence electrons. The van der Waals surface area contributed by atoms with Gasteiger partial charge in [0.2, 0.25) is 11.8 Å². The molecule has 0 bridgehead atoms. The molecule has 0 aliphatic carbocycles. The van der Waals surface area contributed by atoms with Gasteiger partial charge < -0.3 is 15.7 Å². The summed E-state index contributed by atoms with van der Waals surface area (Å²) in [6, 6.07) is 16.4. The van der Waals surface area contributed by atoms with Crippen LogP contribution >= 0.6 is 0 Å². The number of amides is 2. The molecule has 2 aromatic carbocycles. The fourth-order valence-corrected chi connectivity index (χ4v) is 3.05. The molecule has 28 heavy (non-hydrogen) atoms. The molecule has 0 fully saturated rings. The third-order valence-electron chi connectivity index (χ3n) is 4.43. The van der Waals surface area contributed by atoms with Crippen LogP contribution in [0.25, 0.3) is 0 Å². The molecule has 0 aliphatic heterocycles. The van der Waals surface area contributed by atoms with Crippen molar-refractivity contribution >= 4 is 17.8 Å². The lowest BCUT2D eigenvalue weighted by Gasteiger charge is -2.19. The lowest BCUT2D eigenvalue weighted by atomic mass is 9.98. The molecular weight excluding hydrogens is 356 g/mol. The number of carbonyl (C=O) groups excluding carboxylic acids is 2. The van der Waals surface area contributed by atoms with Gasteiger partial charge in [-0.2, -0.15) is 0 Å². The number of aliphatic carboxylic acids is 1. The molecule has 2 unspecified atom stereocenters. The van der Waals surface area contributed by atoms with Gasteiger partial charge in [0.25, 0.3) is 0 Å². The lowest BCUT2D eigenvalue weighted by molar-refractivity contribution is -0.141. The fourth-order valence-electron chi connectivity index (χ4n) is 3.05. The number of rotatable bonds is 9. The van der Waals surface area contributed by atoms with Crippen molar-refractivity contribution in [3.05, 3.63) is 71.3 Å². The maximum absolute atomic E-state index is 12.4. The highest BCUT2D eigenvalue weighted by Gasteiger charge is 2.21. The first-order chi connectivity index (χ1) is 13.3. The first-order valence-corrected chi connectivity index (χ1v) is 9.22. The average Bonchev–Trinajstić information content (AvgIpc) is 2.64. The van der Waals surface area contributed by atoms with E-state index in [2.05, 4.69) is 10.6 Å². The lowest BCUT2D eigenvalue weighted by Crippen LogP contribution is -2.37. The second-order valence-electron chi connectivity index (χ2n) is 6.90. The number of carboxylic acids is 1. The number of carbonyl (C=O) groups is 3. The minimum atomic E-state index is -0.955. The summed E-state index contributed by atoms with van der Waals surface area (Å²) in [7, 11) is 0. The highest BCUT2D eigenvalue weighted by atomic mass is 16.4. The topological polar surface area (TPSA) is 95.5 Å². The standard InChI is InChI=1S/C22H26N2O4/c1-15-7-6-8-17(11-15)12-19(22(27)28)14-23-21(26)13-20(24-16(2)25)18-9-4-3-5-10-18/h3-11,19-20H,12-14H2,1-2H3,(H,23,26)(H,24,25)(H,27,28). The molecule has 2 aromatic rings. The molecule has 0 saturated carbocycles. The van der Waals surface area contributed by atoms with E-state index in [0.29, 0.717) is 6.42 Å². The minimum absolute atomic E-state index is 0.0314. The largest absolute Gasteiger partial charge is 0.481 e. The van der Waals surface area contributed by atoms with E-state index in [1.54, 1.807) is 0 Å². The molecule has 0 aliphatic rings. The van der Waals surface area contributed by atoms with Crippen molar-refractivity contribution in [1.29, 1.82) is 0 Å². The zero-order valence-corrected chi connectivity index (χ0v) is 16.1. The van der Waals surface area contributed by atoms with E-state index in [-0.39, 0.29) is 24.8 Å². The summed E-state index contributed by atoms with van der Waals surface area (Å²) in [5.41, 5.74) is 2.80. The van der Waals surface area contributed by atoms with Gasteiger partial charge in [-0.25, -0.2) is 0 Å². The van der Waals surface area contributed by atoms with Crippen LogP contribution in [0.1, 0.15) is 36.1 Å². The predicted octanol–water partition coefficient (Wildman–Crippen LogP) is 2.62. The van der Waals surface area contributed by atoms with E-state index in [0.717, 1.165) is 16.7 Å². The quantitative estimate of drug-likeness (QED) is 0.621. The van der Waals surface area contributed by atoms with E-state index < -0.39 is 17.9 Å². The molecule has 0 spiro atoms. The second-order valence-corrected chi connectivity index (χ2v) is 6.90. The molecule has 3 N–H and O–H groups in total. The van der Waals surface area contributed by atoms with E-state index in [9.17, 15) is 19.5 Å². The van der Waals surface area contributed by atoms with Gasteiger partial charge in [0, 0.05) is 13.5 Å². The molecule has 6 heteroatoms. The molecule has 0 saturated heterocycles. The van der Waals surface area contributed by atoms with Crippen LogP contribution in [0.4, 0.5) is 0 Å². The Morgan fingerprint density at radius 3 is 2.36 bits per heavy atom. The van der Waals surface area contributed by atoms with Crippen LogP contribution in [0.3, 0.4) is 0 Å². The summed E-state index contributed by atoms with van der Waals surface area (Å²) in [6.45, 7) is 3.38. The van der Waals surface area contributed by atoms with Crippen molar-refractivity contribution in [3.63, 3.8) is 0 Å².